The van der Waals surface area contributed by atoms with Gasteiger partial charge in [-0.05, 0) is 13.0 Å². The summed E-state index contributed by atoms with van der Waals surface area (Å²) in [4.78, 5) is 4.50. The van der Waals surface area contributed by atoms with E-state index in [1.807, 2.05) is 54.8 Å². The summed E-state index contributed by atoms with van der Waals surface area (Å²) in [7, 11) is 0. The Morgan fingerprint density at radius 1 is 0.926 bits per heavy atom. The summed E-state index contributed by atoms with van der Waals surface area (Å²) in [6.45, 7) is 1.93. The molecule has 2 heterocycles. The number of alkyl halides is 3. The molecule has 0 N–H and O–H groups in total. The standard InChI is InChI=1S/C20H14F3N3S/c1-13-7-9-15(10-8-13)17-11-18(20(21,22)23)25-26(17)19-24-16(12-27-19)14-5-3-2-4-6-14/h2-12H,1H3. The van der Waals surface area contributed by atoms with Crippen LogP contribution in [0.5, 0.6) is 0 Å². The summed E-state index contributed by atoms with van der Waals surface area (Å²) in [5.74, 6) is 0. The highest BCUT2D eigenvalue weighted by molar-refractivity contribution is 7.12. The third-order valence-electron chi connectivity index (χ3n) is 4.09. The number of nitrogens with zero attached hydrogens (tertiary/aromatic N) is 3. The normalized spacial score (nSPS) is 11.7. The lowest BCUT2D eigenvalue weighted by Crippen LogP contribution is -2.07. The maximum absolute atomic E-state index is 13.3. The van der Waals surface area contributed by atoms with Crippen molar-refractivity contribution < 1.29 is 13.2 Å². The number of hydrogen-bond acceptors (Lipinski definition) is 3. The van der Waals surface area contributed by atoms with Crippen molar-refractivity contribution in [1.82, 2.24) is 14.8 Å². The Bertz CT molecular complexity index is 1060. The van der Waals surface area contributed by atoms with Gasteiger partial charge in [-0.2, -0.15) is 18.3 Å². The Morgan fingerprint density at radius 2 is 1.63 bits per heavy atom. The fourth-order valence-corrected chi connectivity index (χ4v) is 3.49. The van der Waals surface area contributed by atoms with Crippen LogP contribution < -0.4 is 0 Å². The first-order valence-corrected chi connectivity index (χ1v) is 9.05. The van der Waals surface area contributed by atoms with Crippen LogP contribution in [0.15, 0.2) is 66.0 Å². The molecule has 0 spiro atoms. The predicted molar refractivity (Wildman–Crippen MR) is 99.8 cm³/mol. The van der Waals surface area contributed by atoms with Gasteiger partial charge in [-0.3, -0.25) is 0 Å². The van der Waals surface area contributed by atoms with Gasteiger partial charge in [-0.1, -0.05) is 60.2 Å². The highest BCUT2D eigenvalue weighted by Crippen LogP contribution is 2.34. The molecule has 0 fully saturated rings. The van der Waals surface area contributed by atoms with Crippen molar-refractivity contribution in [3.63, 3.8) is 0 Å². The Morgan fingerprint density at radius 3 is 2.30 bits per heavy atom. The number of halogens is 3. The van der Waals surface area contributed by atoms with E-state index < -0.39 is 11.9 Å². The number of aromatic nitrogens is 3. The minimum Gasteiger partial charge on any atom is -0.218 e. The zero-order valence-electron chi connectivity index (χ0n) is 14.2. The summed E-state index contributed by atoms with van der Waals surface area (Å²) in [6.07, 6.45) is -4.52. The fraction of sp³-hybridized carbons (Fsp3) is 0.100. The molecule has 0 bridgehead atoms. The third-order valence-corrected chi connectivity index (χ3v) is 4.91. The molecule has 0 saturated carbocycles. The van der Waals surface area contributed by atoms with Gasteiger partial charge < -0.3 is 0 Å². The number of hydrogen-bond donors (Lipinski definition) is 0. The quantitative estimate of drug-likeness (QED) is 0.434. The molecule has 4 rings (SSSR count). The van der Waals surface area contributed by atoms with Crippen molar-refractivity contribution in [2.24, 2.45) is 0 Å². The molecule has 0 aliphatic rings. The summed E-state index contributed by atoms with van der Waals surface area (Å²) < 4.78 is 41.0. The number of aryl methyl sites for hydroxylation is 1. The van der Waals surface area contributed by atoms with E-state index in [0.717, 1.165) is 17.2 Å². The Hall–Kier alpha value is -2.93. The molecule has 3 nitrogen and oxygen atoms in total. The maximum atomic E-state index is 13.3. The van der Waals surface area contributed by atoms with E-state index in [2.05, 4.69) is 10.1 Å². The van der Waals surface area contributed by atoms with Crippen LogP contribution in [0.25, 0.3) is 27.6 Å². The van der Waals surface area contributed by atoms with Gasteiger partial charge in [0.25, 0.3) is 0 Å². The first kappa shape index (κ1) is 17.5. The van der Waals surface area contributed by atoms with Gasteiger partial charge >= 0.3 is 6.18 Å². The molecule has 4 aromatic rings. The molecule has 0 saturated heterocycles. The van der Waals surface area contributed by atoms with E-state index in [1.54, 1.807) is 12.1 Å². The van der Waals surface area contributed by atoms with Gasteiger partial charge in [0.1, 0.15) is 0 Å². The predicted octanol–water partition coefficient (Wildman–Crippen LogP) is 5.99. The van der Waals surface area contributed by atoms with Crippen LogP contribution >= 0.6 is 11.3 Å². The van der Waals surface area contributed by atoms with E-state index >= 15 is 0 Å². The van der Waals surface area contributed by atoms with Gasteiger partial charge in [0.15, 0.2) is 5.69 Å². The zero-order valence-corrected chi connectivity index (χ0v) is 15.1. The van der Waals surface area contributed by atoms with Gasteiger partial charge in [0.2, 0.25) is 5.13 Å². The van der Waals surface area contributed by atoms with Crippen molar-refractivity contribution in [2.75, 3.05) is 0 Å². The molecule has 0 unspecified atom stereocenters. The molecule has 2 aromatic heterocycles. The molecule has 0 amide bonds. The average Bonchev–Trinajstić information content (AvgIpc) is 3.30. The number of benzene rings is 2. The van der Waals surface area contributed by atoms with Crippen molar-refractivity contribution in [1.29, 1.82) is 0 Å². The molecule has 0 atom stereocenters. The van der Waals surface area contributed by atoms with Crippen molar-refractivity contribution >= 4 is 11.3 Å². The first-order chi connectivity index (χ1) is 12.9. The molecule has 0 radical (unpaired) electrons. The summed E-state index contributed by atoms with van der Waals surface area (Å²) in [5, 5.41) is 6.00. The zero-order chi connectivity index (χ0) is 19.0. The number of thiazole rings is 1. The summed E-state index contributed by atoms with van der Waals surface area (Å²) in [5.41, 5.74) is 2.71. The van der Waals surface area contributed by atoms with Crippen molar-refractivity contribution in [3.05, 3.63) is 77.3 Å². The van der Waals surface area contributed by atoms with E-state index in [9.17, 15) is 13.2 Å². The molecule has 0 aliphatic heterocycles. The first-order valence-electron chi connectivity index (χ1n) is 8.17. The second-order valence-corrected chi connectivity index (χ2v) is 6.91. The van der Waals surface area contributed by atoms with E-state index in [4.69, 9.17) is 0 Å². The van der Waals surface area contributed by atoms with Crippen LogP contribution in [0, 0.1) is 6.92 Å². The van der Waals surface area contributed by atoms with E-state index in [0.29, 0.717) is 22.1 Å². The monoisotopic (exact) mass is 385 g/mol. The SMILES string of the molecule is Cc1ccc(-c2cc(C(F)(F)F)nn2-c2nc(-c3ccccc3)cs2)cc1. The fourth-order valence-electron chi connectivity index (χ4n) is 2.70. The van der Waals surface area contributed by atoms with Crippen molar-refractivity contribution in [3.8, 4) is 27.6 Å². The van der Waals surface area contributed by atoms with Crippen LogP contribution in [-0.2, 0) is 6.18 Å². The largest absolute Gasteiger partial charge is 0.435 e. The van der Waals surface area contributed by atoms with Gasteiger partial charge in [-0.25, -0.2) is 9.67 Å². The highest BCUT2D eigenvalue weighted by Gasteiger charge is 2.35. The lowest BCUT2D eigenvalue weighted by atomic mass is 10.1. The Balaban J connectivity index is 1.83. The Kier molecular flexibility index (Phi) is 4.31. The molecule has 0 aliphatic carbocycles. The van der Waals surface area contributed by atoms with Crippen LogP contribution in [0.2, 0.25) is 0 Å². The average molecular weight is 385 g/mol. The molecule has 7 heteroatoms. The third kappa shape index (κ3) is 3.50. The molecular weight excluding hydrogens is 371 g/mol. The second-order valence-electron chi connectivity index (χ2n) is 6.07. The second kappa shape index (κ2) is 6.66. The van der Waals surface area contributed by atoms with Gasteiger partial charge in [0.05, 0.1) is 11.4 Å². The topological polar surface area (TPSA) is 30.7 Å². The van der Waals surface area contributed by atoms with E-state index in [1.165, 1.54) is 16.0 Å². The highest BCUT2D eigenvalue weighted by atomic mass is 32.1. The summed E-state index contributed by atoms with van der Waals surface area (Å²) in [6, 6.07) is 17.8. The van der Waals surface area contributed by atoms with Crippen LogP contribution in [0.3, 0.4) is 0 Å². The smallest absolute Gasteiger partial charge is 0.218 e. The van der Waals surface area contributed by atoms with Crippen LogP contribution in [-0.4, -0.2) is 14.8 Å². The molecule has 2 aromatic carbocycles. The van der Waals surface area contributed by atoms with Crippen molar-refractivity contribution in [2.45, 2.75) is 13.1 Å². The summed E-state index contributed by atoms with van der Waals surface area (Å²) >= 11 is 1.26. The molecular formula is C20H14F3N3S. The van der Waals surface area contributed by atoms with Crippen LogP contribution in [0.1, 0.15) is 11.3 Å². The molecule has 136 valence electrons. The lowest BCUT2D eigenvalue weighted by molar-refractivity contribution is -0.141. The van der Waals surface area contributed by atoms with Crippen LogP contribution in [0.4, 0.5) is 13.2 Å². The number of rotatable bonds is 3. The van der Waals surface area contributed by atoms with Gasteiger partial charge in [-0.15, -0.1) is 11.3 Å². The minimum absolute atomic E-state index is 0.358. The maximum Gasteiger partial charge on any atom is 0.435 e. The minimum atomic E-state index is -4.52. The van der Waals surface area contributed by atoms with E-state index in [-0.39, 0.29) is 0 Å². The Labute approximate surface area is 157 Å². The molecule has 27 heavy (non-hydrogen) atoms. The lowest BCUT2D eigenvalue weighted by Gasteiger charge is -2.04. The van der Waals surface area contributed by atoms with Gasteiger partial charge in [0, 0.05) is 16.5 Å².